The molecule has 0 bridgehead atoms. The van der Waals surface area contributed by atoms with Gasteiger partial charge in [0.2, 0.25) is 0 Å². The Kier molecular flexibility index (Phi) is 15.5. The molecule has 0 aromatic heterocycles. The molecule has 7 heavy (non-hydrogen) atoms. The van der Waals surface area contributed by atoms with Crippen LogP contribution >= 0.6 is 7.82 Å². The van der Waals surface area contributed by atoms with Gasteiger partial charge < -0.3 is 19.2 Å². The molecule has 0 saturated carbocycles. The Bertz CT molecular complexity index is 57.8. The smallest absolute Gasteiger partial charge is 0.822 e. The maximum atomic E-state index is 8.55. The van der Waals surface area contributed by atoms with E-state index >= 15 is 0 Å². The first-order chi connectivity index (χ1) is 2.00. The molecule has 0 spiro atoms. The molecule has 0 rings (SSSR count). The average Bonchev–Trinajstić information content (AvgIpc) is 0.722. The molecule has 0 aromatic carbocycles. The largest absolute Gasteiger partial charge is 2.00 e. The maximum absolute atomic E-state index is 8.55. The average molecular weight is 246 g/mol. The summed E-state index contributed by atoms with van der Waals surface area (Å²) in [4.78, 5) is 25.6. The van der Waals surface area contributed by atoms with Crippen molar-refractivity contribution in [3.05, 3.63) is 0 Å². The summed E-state index contributed by atoms with van der Waals surface area (Å²) in [6.45, 7) is 0. The van der Waals surface area contributed by atoms with E-state index in [4.69, 9.17) is 19.2 Å². The van der Waals surface area contributed by atoms with Crippen LogP contribution in [0.4, 0.5) is 0 Å². The molecule has 0 aliphatic carbocycles. The van der Waals surface area contributed by atoms with Crippen LogP contribution in [0, 0.1) is 0 Å². The quantitative estimate of drug-likeness (QED) is 0.314. The normalized spacial score (nSPS) is 8.43. The zero-order valence-electron chi connectivity index (χ0n) is 3.79. The van der Waals surface area contributed by atoms with Crippen molar-refractivity contribution in [2.24, 2.45) is 0 Å². The van der Waals surface area contributed by atoms with Crippen LogP contribution < -0.4 is 72.9 Å². The zero-order chi connectivity index (χ0) is 4.50. The van der Waals surface area contributed by atoms with Crippen LogP contribution in [0.25, 0.3) is 0 Å². The molecule has 0 fully saturated rings. The van der Waals surface area contributed by atoms with Crippen molar-refractivity contribution in [3.63, 3.8) is 0 Å². The molecule has 7 heteroatoms. The van der Waals surface area contributed by atoms with E-state index < -0.39 is 7.82 Å². The van der Waals surface area contributed by atoms with Gasteiger partial charge in [-0.05, 0) is 0 Å². The number of rotatable bonds is 0. The molecular weight excluding hydrogens is 246 g/mol. The predicted octanol–water partition coefficient (Wildman–Crippen LogP) is -5.82. The molecule has 0 unspecified atom stereocenters. The molecule has 0 aliphatic heterocycles. The summed E-state index contributed by atoms with van der Waals surface area (Å²) in [6, 6.07) is 0. The van der Waals surface area contributed by atoms with E-state index in [0.29, 0.717) is 0 Å². The molecule has 0 atom stereocenters. The maximum Gasteiger partial charge on any atom is 2.00 e. The summed E-state index contributed by atoms with van der Waals surface area (Å²) in [7, 11) is -5.39. The van der Waals surface area contributed by atoms with Crippen molar-refractivity contribution < 1.29 is 96.9 Å². The topological polar surface area (TPSA) is 86.2 Å². The minimum Gasteiger partial charge on any atom is -0.822 e. The van der Waals surface area contributed by atoms with Crippen molar-refractivity contribution >= 4 is 7.82 Å². The summed E-state index contributed by atoms with van der Waals surface area (Å²) in [6.07, 6.45) is 0. The SMILES string of the molecule is O=P([O-])([O-])[O-].[Rb+].[Zn+2]. The van der Waals surface area contributed by atoms with Gasteiger partial charge in [-0.15, -0.1) is 0 Å². The minimum absolute atomic E-state index is 0. The van der Waals surface area contributed by atoms with Gasteiger partial charge in [0.1, 0.15) is 0 Å². The molecule has 0 aliphatic rings. The van der Waals surface area contributed by atoms with E-state index in [2.05, 4.69) is 0 Å². The van der Waals surface area contributed by atoms with Crippen LogP contribution in [0.15, 0.2) is 0 Å². The summed E-state index contributed by atoms with van der Waals surface area (Å²) in [5, 5.41) is 0. The van der Waals surface area contributed by atoms with Crippen LogP contribution in [0.3, 0.4) is 0 Å². The van der Waals surface area contributed by atoms with Crippen molar-refractivity contribution in [1.82, 2.24) is 0 Å². The van der Waals surface area contributed by atoms with Gasteiger partial charge >= 0.3 is 77.7 Å². The third-order valence-corrected chi connectivity index (χ3v) is 0. The monoisotopic (exact) mass is 244 g/mol. The standard InChI is InChI=1S/H3O4P.Rb.Zn/c1-5(2,3)4;;/h(H3,1,2,3,4);;/q;+1;+2/p-3. The second kappa shape index (κ2) is 6.66. The van der Waals surface area contributed by atoms with Gasteiger partial charge in [0, 0.05) is 0 Å². The van der Waals surface area contributed by atoms with Crippen molar-refractivity contribution in [1.29, 1.82) is 0 Å². The Morgan fingerprint density at radius 3 is 1.14 bits per heavy atom. The third-order valence-electron chi connectivity index (χ3n) is 0. The second-order valence-corrected chi connectivity index (χ2v) is 1.34. The summed E-state index contributed by atoms with van der Waals surface area (Å²) < 4.78 is 8.55. The van der Waals surface area contributed by atoms with Crippen molar-refractivity contribution in [2.75, 3.05) is 0 Å². The molecule has 0 aromatic rings. The second-order valence-electron chi connectivity index (χ2n) is 0.447. The molecule has 0 saturated heterocycles. The van der Waals surface area contributed by atoms with Gasteiger partial charge in [0.15, 0.2) is 0 Å². The third kappa shape index (κ3) is 56.6. The van der Waals surface area contributed by atoms with E-state index in [1.807, 2.05) is 0 Å². The number of hydrogen-bond donors (Lipinski definition) is 0. The molecular formula is O4PRbZn. The van der Waals surface area contributed by atoms with Crippen molar-refractivity contribution in [2.45, 2.75) is 0 Å². The Balaban J connectivity index is -0.0000000800. The van der Waals surface area contributed by atoms with Gasteiger partial charge in [-0.2, -0.15) is 7.82 Å². The summed E-state index contributed by atoms with van der Waals surface area (Å²) >= 11 is 0. The fraction of sp³-hybridized carbons (Fsp3) is 0. The van der Waals surface area contributed by atoms with Crippen molar-refractivity contribution in [3.8, 4) is 0 Å². The Labute approximate surface area is 102 Å². The first-order valence-electron chi connectivity index (χ1n) is 0.730. The van der Waals surface area contributed by atoms with Gasteiger partial charge in [0.05, 0.1) is 0 Å². The van der Waals surface area contributed by atoms with Crippen LogP contribution in [-0.4, -0.2) is 0 Å². The Morgan fingerprint density at radius 2 is 1.14 bits per heavy atom. The Morgan fingerprint density at radius 1 is 1.14 bits per heavy atom. The Hall–Kier alpha value is 2.54. The molecule has 0 heterocycles. The van der Waals surface area contributed by atoms with E-state index in [1.165, 1.54) is 0 Å². The van der Waals surface area contributed by atoms with E-state index in [1.54, 1.807) is 0 Å². The van der Waals surface area contributed by atoms with E-state index in [9.17, 15) is 0 Å². The van der Waals surface area contributed by atoms with E-state index in [-0.39, 0.29) is 77.7 Å². The number of hydrogen-bond acceptors (Lipinski definition) is 4. The van der Waals surface area contributed by atoms with Crippen LogP contribution in [0.2, 0.25) is 0 Å². The molecule has 32 valence electrons. The van der Waals surface area contributed by atoms with Gasteiger partial charge in [-0.25, -0.2) is 0 Å². The first-order valence-corrected chi connectivity index (χ1v) is 2.19. The fourth-order valence-electron chi connectivity index (χ4n) is 0. The first kappa shape index (κ1) is 16.3. The van der Waals surface area contributed by atoms with Gasteiger partial charge in [-0.1, -0.05) is 0 Å². The van der Waals surface area contributed by atoms with Crippen LogP contribution in [-0.2, 0) is 24.0 Å². The summed E-state index contributed by atoms with van der Waals surface area (Å²) in [5.74, 6) is 0. The van der Waals surface area contributed by atoms with Gasteiger partial charge in [0.25, 0.3) is 0 Å². The molecule has 0 radical (unpaired) electrons. The van der Waals surface area contributed by atoms with Crippen LogP contribution in [0.1, 0.15) is 0 Å². The predicted molar refractivity (Wildman–Crippen MR) is 7.61 cm³/mol. The van der Waals surface area contributed by atoms with Crippen LogP contribution in [0.5, 0.6) is 0 Å². The molecule has 0 N–H and O–H groups in total. The zero-order valence-corrected chi connectivity index (χ0v) is 12.6. The molecule has 0 amide bonds. The minimum atomic E-state index is -5.39. The molecule has 4 nitrogen and oxygen atoms in total. The summed E-state index contributed by atoms with van der Waals surface area (Å²) in [5.41, 5.74) is 0. The van der Waals surface area contributed by atoms with E-state index in [0.717, 1.165) is 0 Å². The van der Waals surface area contributed by atoms with Gasteiger partial charge in [-0.3, -0.25) is 0 Å². The number of phosphoric acid groups is 1. The fourth-order valence-corrected chi connectivity index (χ4v) is 0.